The number of nitrogens with two attached hydrogens (primary N) is 2. The molecule has 19 heavy (non-hydrogen) atoms. The predicted molar refractivity (Wildman–Crippen MR) is 75.9 cm³/mol. The Hall–Kier alpha value is -2.11. The Kier molecular flexibility index (Phi) is 3.99. The van der Waals surface area contributed by atoms with Crippen LogP contribution < -0.4 is 16.8 Å². The van der Waals surface area contributed by atoms with Gasteiger partial charge < -0.3 is 16.8 Å². The number of rotatable bonds is 3. The van der Waals surface area contributed by atoms with Crippen molar-refractivity contribution in [2.24, 2.45) is 5.73 Å². The summed E-state index contributed by atoms with van der Waals surface area (Å²) in [6, 6.07) is 8.41. The minimum Gasteiger partial charge on any atom is -0.397 e. The lowest BCUT2D eigenvalue weighted by Crippen LogP contribution is -2.13. The van der Waals surface area contributed by atoms with E-state index < -0.39 is 0 Å². The van der Waals surface area contributed by atoms with Crippen molar-refractivity contribution < 1.29 is 4.79 Å². The zero-order chi connectivity index (χ0) is 13.8. The Bertz CT molecular complexity index is 598. The number of hydrogen-bond acceptors (Lipinski definition) is 4. The first-order valence-corrected chi connectivity index (χ1v) is 5.99. The van der Waals surface area contributed by atoms with Crippen molar-refractivity contribution in [3.05, 3.63) is 52.8 Å². The van der Waals surface area contributed by atoms with Gasteiger partial charge in [0.15, 0.2) is 0 Å². The van der Waals surface area contributed by atoms with Gasteiger partial charge in [0.05, 0.1) is 16.9 Å². The van der Waals surface area contributed by atoms with Gasteiger partial charge in [-0.15, -0.1) is 0 Å². The summed E-state index contributed by atoms with van der Waals surface area (Å²) in [5, 5.41) is 3.05. The van der Waals surface area contributed by atoms with Gasteiger partial charge in [-0.3, -0.25) is 4.79 Å². The zero-order valence-corrected chi connectivity index (χ0v) is 10.8. The molecule has 0 radical (unpaired) electrons. The second-order valence-corrected chi connectivity index (χ2v) is 4.34. The average molecular weight is 277 g/mol. The lowest BCUT2D eigenvalue weighted by Gasteiger charge is -2.09. The number of nitrogens with one attached hydrogen (secondary N) is 1. The molecule has 98 valence electrons. The second-order valence-electron chi connectivity index (χ2n) is 3.95. The molecule has 2 aromatic rings. The summed E-state index contributed by atoms with van der Waals surface area (Å²) in [6.07, 6.45) is 1.40. The summed E-state index contributed by atoms with van der Waals surface area (Å²) in [5.41, 5.74) is 13.7. The van der Waals surface area contributed by atoms with E-state index in [2.05, 4.69) is 10.3 Å². The molecular formula is C13H13ClN4O. The number of amides is 1. The van der Waals surface area contributed by atoms with E-state index in [-0.39, 0.29) is 5.91 Å². The smallest absolute Gasteiger partial charge is 0.257 e. The molecule has 0 spiro atoms. The van der Waals surface area contributed by atoms with Gasteiger partial charge >= 0.3 is 0 Å². The van der Waals surface area contributed by atoms with Crippen LogP contribution in [0.2, 0.25) is 5.15 Å². The van der Waals surface area contributed by atoms with Crippen molar-refractivity contribution in [1.29, 1.82) is 0 Å². The van der Waals surface area contributed by atoms with Crippen LogP contribution in [0, 0.1) is 0 Å². The monoisotopic (exact) mass is 276 g/mol. The number of pyridine rings is 1. The van der Waals surface area contributed by atoms with Gasteiger partial charge in [-0.25, -0.2) is 4.98 Å². The molecule has 0 aliphatic heterocycles. The number of halogens is 1. The number of aromatic nitrogens is 1. The zero-order valence-electron chi connectivity index (χ0n) is 10.1. The topological polar surface area (TPSA) is 94.0 Å². The number of nitrogens with zero attached hydrogens (tertiary/aromatic N) is 1. The highest BCUT2D eigenvalue weighted by molar-refractivity contribution is 6.29. The average Bonchev–Trinajstić information content (AvgIpc) is 2.41. The fourth-order valence-corrected chi connectivity index (χ4v) is 1.67. The highest BCUT2D eigenvalue weighted by atomic mass is 35.5. The van der Waals surface area contributed by atoms with E-state index in [1.807, 2.05) is 6.07 Å². The van der Waals surface area contributed by atoms with Gasteiger partial charge in [0.25, 0.3) is 5.91 Å². The summed E-state index contributed by atoms with van der Waals surface area (Å²) in [7, 11) is 0. The molecule has 0 saturated carbocycles. The Balaban J connectivity index is 2.17. The molecule has 2 rings (SSSR count). The molecule has 5 nitrogen and oxygen atoms in total. The first-order valence-electron chi connectivity index (χ1n) is 5.61. The fourth-order valence-electron chi connectivity index (χ4n) is 1.56. The second kappa shape index (κ2) is 5.69. The molecule has 0 bridgehead atoms. The van der Waals surface area contributed by atoms with Crippen LogP contribution in [0.25, 0.3) is 0 Å². The molecule has 1 amide bonds. The van der Waals surface area contributed by atoms with Crippen molar-refractivity contribution in [2.45, 2.75) is 6.54 Å². The van der Waals surface area contributed by atoms with E-state index in [1.165, 1.54) is 6.20 Å². The summed E-state index contributed by atoms with van der Waals surface area (Å²) in [6.45, 7) is 0.402. The van der Waals surface area contributed by atoms with Crippen LogP contribution in [0.5, 0.6) is 0 Å². The number of anilines is 2. The number of benzene rings is 1. The van der Waals surface area contributed by atoms with Crippen LogP contribution in [0.1, 0.15) is 15.9 Å². The van der Waals surface area contributed by atoms with Gasteiger partial charge in [0, 0.05) is 12.7 Å². The Labute approximate surface area is 115 Å². The van der Waals surface area contributed by atoms with Crippen LogP contribution in [0.4, 0.5) is 11.4 Å². The van der Waals surface area contributed by atoms with Crippen molar-refractivity contribution in [2.75, 3.05) is 11.1 Å². The summed E-state index contributed by atoms with van der Waals surface area (Å²) in [5.74, 6) is -0.295. The summed E-state index contributed by atoms with van der Waals surface area (Å²) in [4.78, 5) is 15.8. The van der Waals surface area contributed by atoms with Crippen LogP contribution in [0.15, 0.2) is 36.5 Å². The standard InChI is InChI=1S/C13H13ClN4O/c14-12-4-2-9(7-17-12)13(19)18-11-3-1-8(6-15)5-10(11)16/h1-5,7H,6,15-16H2,(H,18,19). The number of carbonyl (C=O) groups excluding carboxylic acids is 1. The summed E-state index contributed by atoms with van der Waals surface area (Å²) < 4.78 is 0. The highest BCUT2D eigenvalue weighted by Crippen LogP contribution is 2.20. The maximum atomic E-state index is 12.0. The van der Waals surface area contributed by atoms with E-state index in [0.717, 1.165) is 5.56 Å². The largest absolute Gasteiger partial charge is 0.397 e. The van der Waals surface area contributed by atoms with Crippen LogP contribution >= 0.6 is 11.6 Å². The minimum atomic E-state index is -0.295. The van der Waals surface area contributed by atoms with Gasteiger partial charge in [-0.05, 0) is 29.8 Å². The van der Waals surface area contributed by atoms with Gasteiger partial charge in [0.1, 0.15) is 5.15 Å². The maximum absolute atomic E-state index is 12.0. The predicted octanol–water partition coefficient (Wildman–Crippen LogP) is 2.03. The third-order valence-corrected chi connectivity index (χ3v) is 2.81. The van der Waals surface area contributed by atoms with Crippen LogP contribution in [-0.2, 0) is 6.54 Å². The maximum Gasteiger partial charge on any atom is 0.257 e. The molecule has 0 saturated heterocycles. The lowest BCUT2D eigenvalue weighted by molar-refractivity contribution is 0.102. The minimum absolute atomic E-state index is 0.295. The highest BCUT2D eigenvalue weighted by Gasteiger charge is 2.08. The van der Waals surface area contributed by atoms with E-state index in [4.69, 9.17) is 23.1 Å². The van der Waals surface area contributed by atoms with Crippen molar-refractivity contribution in [3.63, 3.8) is 0 Å². The molecule has 0 aliphatic carbocycles. The van der Waals surface area contributed by atoms with Gasteiger partial charge in [-0.2, -0.15) is 0 Å². The Morgan fingerprint density at radius 1 is 1.32 bits per heavy atom. The van der Waals surface area contributed by atoms with Crippen LogP contribution in [0.3, 0.4) is 0 Å². The third kappa shape index (κ3) is 3.21. The molecule has 1 heterocycles. The number of nitrogen functional groups attached to an aromatic ring is 1. The number of carbonyl (C=O) groups is 1. The molecule has 0 fully saturated rings. The Morgan fingerprint density at radius 3 is 2.68 bits per heavy atom. The molecular weight excluding hydrogens is 264 g/mol. The van der Waals surface area contributed by atoms with E-state index in [0.29, 0.717) is 28.6 Å². The summed E-state index contributed by atoms with van der Waals surface area (Å²) >= 11 is 5.66. The molecule has 1 aromatic carbocycles. The fraction of sp³-hybridized carbons (Fsp3) is 0.0769. The molecule has 0 unspecified atom stereocenters. The lowest BCUT2D eigenvalue weighted by atomic mass is 10.1. The van der Waals surface area contributed by atoms with E-state index in [9.17, 15) is 4.79 Å². The third-order valence-electron chi connectivity index (χ3n) is 2.59. The Morgan fingerprint density at radius 2 is 2.11 bits per heavy atom. The molecule has 6 heteroatoms. The number of hydrogen-bond donors (Lipinski definition) is 3. The van der Waals surface area contributed by atoms with Gasteiger partial charge in [-0.1, -0.05) is 17.7 Å². The normalized spacial score (nSPS) is 10.2. The molecule has 1 aromatic heterocycles. The molecule has 5 N–H and O–H groups in total. The molecule has 0 atom stereocenters. The van der Waals surface area contributed by atoms with Crippen molar-refractivity contribution in [1.82, 2.24) is 4.98 Å². The quantitative estimate of drug-likeness (QED) is 0.590. The van der Waals surface area contributed by atoms with E-state index >= 15 is 0 Å². The SMILES string of the molecule is NCc1ccc(NC(=O)c2ccc(Cl)nc2)c(N)c1. The molecule has 0 aliphatic rings. The van der Waals surface area contributed by atoms with Crippen LogP contribution in [-0.4, -0.2) is 10.9 Å². The van der Waals surface area contributed by atoms with Crippen molar-refractivity contribution in [3.8, 4) is 0 Å². The van der Waals surface area contributed by atoms with E-state index in [1.54, 1.807) is 24.3 Å². The van der Waals surface area contributed by atoms with Gasteiger partial charge in [0.2, 0.25) is 0 Å². The van der Waals surface area contributed by atoms with Crippen molar-refractivity contribution >= 4 is 28.9 Å². The first kappa shape index (κ1) is 13.3. The first-order chi connectivity index (χ1) is 9.10.